The molecule has 0 bridgehead atoms. The maximum Gasteiger partial charge on any atom is 0.213 e. The zero-order chi connectivity index (χ0) is 18.9. The Bertz CT molecular complexity index is 1180. The molecule has 1 aromatic heterocycles. The minimum absolute atomic E-state index is 0.873. The maximum absolute atomic E-state index is 2.33. The second-order valence-corrected chi connectivity index (χ2v) is 8.08. The normalized spacial score (nSPS) is 14.6. The molecule has 0 aliphatic carbocycles. The van der Waals surface area contributed by atoms with E-state index in [-0.39, 0.29) is 0 Å². The lowest BCUT2D eigenvalue weighted by molar-refractivity contribution is -0.662. The van der Waals surface area contributed by atoms with E-state index in [4.69, 9.17) is 0 Å². The van der Waals surface area contributed by atoms with Gasteiger partial charge in [0.15, 0.2) is 12.7 Å². The number of hydrogen-bond acceptors (Lipinski definition) is 2. The number of fused-ring (bicyclic) bond motifs is 2. The minimum Gasteiger partial charge on any atom is -0.338 e. The monoisotopic (exact) mass is 381 g/mol. The molecule has 0 amide bonds. The SMILES string of the molecule is CN1/C(=C\c2cc[n+](Cc3ccccc3)c3ccccc23)Sc2ccccc21. The standard InChI is InChI=1S/C25H21N2S/c1-26-23-13-7-8-14-24(23)28-25(26)17-20-15-16-27(18-19-9-3-2-4-10-19)22-12-6-5-11-21(20)22/h2-17H,18H2,1H3/q+1. The third-order valence-corrected chi connectivity index (χ3v) is 6.37. The summed E-state index contributed by atoms with van der Waals surface area (Å²) in [5.74, 6) is 0. The fourth-order valence-electron chi connectivity index (χ4n) is 3.73. The highest BCUT2D eigenvalue weighted by atomic mass is 32.2. The van der Waals surface area contributed by atoms with Gasteiger partial charge in [-0.15, -0.1) is 0 Å². The third-order valence-electron chi connectivity index (χ3n) is 5.20. The van der Waals surface area contributed by atoms with E-state index in [0.29, 0.717) is 0 Å². The molecule has 0 saturated carbocycles. The molecule has 0 spiro atoms. The van der Waals surface area contributed by atoms with Crippen LogP contribution < -0.4 is 9.47 Å². The van der Waals surface area contributed by atoms with Gasteiger partial charge in [-0.3, -0.25) is 0 Å². The predicted molar refractivity (Wildman–Crippen MR) is 118 cm³/mol. The van der Waals surface area contributed by atoms with Gasteiger partial charge in [-0.05, 0) is 29.8 Å². The lowest BCUT2D eigenvalue weighted by Crippen LogP contribution is -2.34. The minimum atomic E-state index is 0.873. The number of rotatable bonds is 3. The molecule has 1 aliphatic heterocycles. The van der Waals surface area contributed by atoms with E-state index in [0.717, 1.165) is 6.54 Å². The van der Waals surface area contributed by atoms with Gasteiger partial charge in [-0.25, -0.2) is 0 Å². The van der Waals surface area contributed by atoms with Crippen LogP contribution in [0.2, 0.25) is 0 Å². The Hall–Kier alpha value is -3.04. The second kappa shape index (κ2) is 7.17. The molecule has 0 fully saturated rings. The molecular weight excluding hydrogens is 360 g/mol. The van der Waals surface area contributed by atoms with Crippen LogP contribution in [-0.4, -0.2) is 7.05 Å². The molecule has 0 N–H and O–H groups in total. The fourth-order valence-corrected chi connectivity index (χ4v) is 4.83. The number of anilines is 1. The lowest BCUT2D eigenvalue weighted by Gasteiger charge is -2.13. The van der Waals surface area contributed by atoms with Crippen molar-refractivity contribution in [1.29, 1.82) is 0 Å². The number of para-hydroxylation sites is 2. The maximum atomic E-state index is 2.33. The summed E-state index contributed by atoms with van der Waals surface area (Å²) in [6.07, 6.45) is 4.51. The molecule has 3 aromatic carbocycles. The summed E-state index contributed by atoms with van der Waals surface area (Å²) in [7, 11) is 2.14. The Morgan fingerprint density at radius 2 is 1.61 bits per heavy atom. The van der Waals surface area contributed by atoms with Gasteiger partial charge in [0.1, 0.15) is 0 Å². The Labute approximate surface area is 169 Å². The van der Waals surface area contributed by atoms with E-state index in [2.05, 4.69) is 114 Å². The summed E-state index contributed by atoms with van der Waals surface area (Å²) in [6, 6.07) is 30.1. The van der Waals surface area contributed by atoms with Crippen LogP contribution in [0, 0.1) is 0 Å². The number of nitrogens with zero attached hydrogens (tertiary/aromatic N) is 2. The first-order chi connectivity index (χ1) is 13.8. The molecule has 2 nitrogen and oxygen atoms in total. The van der Waals surface area contributed by atoms with Crippen LogP contribution in [0.3, 0.4) is 0 Å². The summed E-state index contributed by atoms with van der Waals surface area (Å²) >= 11 is 1.83. The molecule has 0 saturated heterocycles. The summed E-state index contributed by atoms with van der Waals surface area (Å²) in [4.78, 5) is 3.59. The summed E-state index contributed by atoms with van der Waals surface area (Å²) in [6.45, 7) is 0.873. The molecule has 0 unspecified atom stereocenters. The number of hydrogen-bond donors (Lipinski definition) is 0. The first-order valence-electron chi connectivity index (χ1n) is 9.47. The van der Waals surface area contributed by atoms with Crippen molar-refractivity contribution in [2.24, 2.45) is 0 Å². The van der Waals surface area contributed by atoms with E-state index in [9.17, 15) is 0 Å². The average molecular weight is 382 g/mol. The molecule has 2 heterocycles. The zero-order valence-corrected chi connectivity index (χ0v) is 16.6. The van der Waals surface area contributed by atoms with Crippen LogP contribution in [0.15, 0.2) is 101 Å². The molecular formula is C25H21N2S+. The highest BCUT2D eigenvalue weighted by Crippen LogP contribution is 2.45. The van der Waals surface area contributed by atoms with Gasteiger partial charge in [0.05, 0.1) is 16.1 Å². The molecule has 0 atom stereocenters. The quantitative estimate of drug-likeness (QED) is 0.419. The highest BCUT2D eigenvalue weighted by Gasteiger charge is 2.22. The van der Waals surface area contributed by atoms with E-state index in [1.165, 1.54) is 37.6 Å². The number of thioether (sulfide) groups is 1. The van der Waals surface area contributed by atoms with E-state index >= 15 is 0 Å². The Morgan fingerprint density at radius 3 is 2.46 bits per heavy atom. The summed E-state index contributed by atoms with van der Waals surface area (Å²) < 4.78 is 2.33. The van der Waals surface area contributed by atoms with E-state index in [1.54, 1.807) is 0 Å². The lowest BCUT2D eigenvalue weighted by atomic mass is 10.1. The van der Waals surface area contributed by atoms with Gasteiger partial charge < -0.3 is 4.90 Å². The Morgan fingerprint density at radius 1 is 0.857 bits per heavy atom. The van der Waals surface area contributed by atoms with Crippen molar-refractivity contribution in [3.8, 4) is 0 Å². The topological polar surface area (TPSA) is 7.12 Å². The van der Waals surface area contributed by atoms with Crippen LogP contribution in [-0.2, 0) is 6.54 Å². The van der Waals surface area contributed by atoms with Gasteiger partial charge in [0.2, 0.25) is 5.52 Å². The van der Waals surface area contributed by atoms with Crippen molar-refractivity contribution in [1.82, 2.24) is 0 Å². The van der Waals surface area contributed by atoms with Crippen LogP contribution >= 0.6 is 11.8 Å². The van der Waals surface area contributed by atoms with Gasteiger partial charge in [-0.1, -0.05) is 66.4 Å². The van der Waals surface area contributed by atoms with Crippen LogP contribution in [0.4, 0.5) is 5.69 Å². The van der Waals surface area contributed by atoms with Crippen LogP contribution in [0.5, 0.6) is 0 Å². The largest absolute Gasteiger partial charge is 0.338 e. The van der Waals surface area contributed by atoms with Gasteiger partial charge >= 0.3 is 0 Å². The fraction of sp³-hybridized carbons (Fsp3) is 0.0800. The predicted octanol–water partition coefficient (Wildman–Crippen LogP) is 5.72. The van der Waals surface area contributed by atoms with Crippen molar-refractivity contribution in [3.63, 3.8) is 0 Å². The summed E-state index contributed by atoms with van der Waals surface area (Å²) in [5.41, 5.74) is 5.09. The zero-order valence-electron chi connectivity index (χ0n) is 15.7. The Balaban J connectivity index is 1.56. The first kappa shape index (κ1) is 17.1. The van der Waals surface area contributed by atoms with E-state index < -0.39 is 0 Å². The molecule has 3 heteroatoms. The molecule has 28 heavy (non-hydrogen) atoms. The second-order valence-electron chi connectivity index (χ2n) is 7.01. The van der Waals surface area contributed by atoms with E-state index in [1.807, 2.05) is 11.8 Å². The third kappa shape index (κ3) is 3.08. The first-order valence-corrected chi connectivity index (χ1v) is 10.3. The van der Waals surface area contributed by atoms with Gasteiger partial charge in [0.25, 0.3) is 0 Å². The van der Waals surface area contributed by atoms with Crippen molar-refractivity contribution in [2.75, 3.05) is 11.9 Å². The average Bonchev–Trinajstić information content (AvgIpc) is 3.06. The van der Waals surface area contributed by atoms with Crippen molar-refractivity contribution < 1.29 is 4.57 Å². The molecule has 5 rings (SSSR count). The molecule has 0 radical (unpaired) electrons. The number of aromatic nitrogens is 1. The number of pyridine rings is 1. The molecule has 4 aromatic rings. The smallest absolute Gasteiger partial charge is 0.213 e. The van der Waals surface area contributed by atoms with Crippen LogP contribution in [0.1, 0.15) is 11.1 Å². The number of benzene rings is 3. The van der Waals surface area contributed by atoms with Gasteiger partial charge in [-0.2, -0.15) is 4.57 Å². The molecule has 136 valence electrons. The van der Waals surface area contributed by atoms with Crippen molar-refractivity contribution in [2.45, 2.75) is 11.4 Å². The van der Waals surface area contributed by atoms with Crippen LogP contribution in [0.25, 0.3) is 17.0 Å². The van der Waals surface area contributed by atoms with Crippen molar-refractivity contribution >= 4 is 34.4 Å². The highest BCUT2D eigenvalue weighted by molar-refractivity contribution is 8.03. The molecule has 1 aliphatic rings. The Kier molecular flexibility index (Phi) is 4.38. The van der Waals surface area contributed by atoms with Crippen molar-refractivity contribution in [3.05, 3.63) is 107 Å². The summed E-state index contributed by atoms with van der Waals surface area (Å²) in [5, 5.41) is 2.53. The van der Waals surface area contributed by atoms with Gasteiger partial charge in [0, 0.05) is 29.6 Å².